The molecule has 52 valence electrons. The van der Waals surface area contributed by atoms with Crippen LogP contribution in [0.15, 0.2) is 12.4 Å². The van der Waals surface area contributed by atoms with Crippen LogP contribution < -0.4 is 0 Å². The first-order chi connectivity index (χ1) is 3.84. The van der Waals surface area contributed by atoms with Crippen LogP contribution in [-0.2, 0) is 6.54 Å². The highest BCUT2D eigenvalue weighted by Gasteiger charge is 1.82. The number of hydrogen-bond donors (Lipinski definition) is 1. The molecule has 0 aliphatic rings. The summed E-state index contributed by atoms with van der Waals surface area (Å²) < 4.78 is 2.77. The standard InChI is InChI=1S/C5H8N2S.H2O/c1-2-7-4-3-6-5(7)8;/h3-4H,2H2,1H3,(H,6,8);1H2. The van der Waals surface area contributed by atoms with E-state index in [1.54, 1.807) is 0 Å². The van der Waals surface area contributed by atoms with Crippen LogP contribution in [0.5, 0.6) is 0 Å². The number of aromatic nitrogens is 2. The van der Waals surface area contributed by atoms with Crippen molar-refractivity contribution in [1.82, 2.24) is 9.55 Å². The molecule has 9 heavy (non-hydrogen) atoms. The monoisotopic (exact) mass is 146 g/mol. The van der Waals surface area contributed by atoms with Crippen molar-refractivity contribution >= 4 is 12.2 Å². The third kappa shape index (κ3) is 1.65. The van der Waals surface area contributed by atoms with E-state index < -0.39 is 0 Å². The Balaban J connectivity index is 0.000000640. The zero-order chi connectivity index (χ0) is 5.98. The lowest BCUT2D eigenvalue weighted by Gasteiger charge is -1.89. The van der Waals surface area contributed by atoms with Crippen molar-refractivity contribution < 1.29 is 5.48 Å². The molecule has 3 nitrogen and oxygen atoms in total. The van der Waals surface area contributed by atoms with Gasteiger partial charge in [0.2, 0.25) is 0 Å². The zero-order valence-electron chi connectivity index (χ0n) is 5.22. The Hall–Kier alpha value is -0.610. The smallest absolute Gasteiger partial charge is 0.177 e. The van der Waals surface area contributed by atoms with Crippen LogP contribution in [0.3, 0.4) is 0 Å². The van der Waals surface area contributed by atoms with E-state index in [0.717, 1.165) is 11.3 Å². The summed E-state index contributed by atoms with van der Waals surface area (Å²) in [5.74, 6) is 0. The number of H-pyrrole nitrogens is 1. The molecular weight excluding hydrogens is 136 g/mol. The van der Waals surface area contributed by atoms with E-state index >= 15 is 0 Å². The Bertz CT molecular complexity index is 215. The largest absolute Gasteiger partial charge is 0.412 e. The quantitative estimate of drug-likeness (QED) is 0.584. The van der Waals surface area contributed by atoms with Gasteiger partial charge in [-0.05, 0) is 19.1 Å². The van der Waals surface area contributed by atoms with Crippen molar-refractivity contribution in [2.45, 2.75) is 13.5 Å². The molecule has 1 rings (SSSR count). The summed E-state index contributed by atoms with van der Waals surface area (Å²) in [6.45, 7) is 3.01. The Kier molecular flexibility index (Phi) is 3.19. The van der Waals surface area contributed by atoms with Gasteiger partial charge in [0.15, 0.2) is 4.77 Å². The van der Waals surface area contributed by atoms with Crippen LogP contribution in [-0.4, -0.2) is 15.0 Å². The molecule has 1 aromatic heterocycles. The molecule has 0 atom stereocenters. The van der Waals surface area contributed by atoms with Gasteiger partial charge in [-0.2, -0.15) is 0 Å². The summed E-state index contributed by atoms with van der Waals surface area (Å²) >= 11 is 4.89. The van der Waals surface area contributed by atoms with E-state index in [1.807, 2.05) is 17.0 Å². The van der Waals surface area contributed by atoms with Gasteiger partial charge in [0.25, 0.3) is 0 Å². The molecule has 0 bridgehead atoms. The molecule has 0 aliphatic heterocycles. The average Bonchev–Trinajstić information content (AvgIpc) is 2.14. The van der Waals surface area contributed by atoms with Gasteiger partial charge < -0.3 is 15.0 Å². The first-order valence-corrected chi connectivity index (χ1v) is 2.99. The molecule has 0 amide bonds. The third-order valence-electron chi connectivity index (χ3n) is 1.06. The minimum absolute atomic E-state index is 0. The maximum Gasteiger partial charge on any atom is 0.177 e. The van der Waals surface area contributed by atoms with Crippen molar-refractivity contribution in [3.63, 3.8) is 0 Å². The normalized spacial score (nSPS) is 8.56. The minimum Gasteiger partial charge on any atom is -0.412 e. The van der Waals surface area contributed by atoms with Gasteiger partial charge in [-0.15, -0.1) is 0 Å². The summed E-state index contributed by atoms with van der Waals surface area (Å²) in [4.78, 5) is 2.90. The van der Waals surface area contributed by atoms with E-state index in [4.69, 9.17) is 12.2 Å². The van der Waals surface area contributed by atoms with Gasteiger partial charge in [0.1, 0.15) is 0 Å². The van der Waals surface area contributed by atoms with Crippen LogP contribution >= 0.6 is 12.2 Å². The van der Waals surface area contributed by atoms with Crippen LogP contribution in [0.25, 0.3) is 0 Å². The second kappa shape index (κ2) is 3.42. The molecule has 0 fully saturated rings. The average molecular weight is 146 g/mol. The minimum atomic E-state index is 0. The molecule has 3 N–H and O–H groups in total. The highest BCUT2D eigenvalue weighted by Crippen LogP contribution is 1.87. The van der Waals surface area contributed by atoms with Gasteiger partial charge in [-0.1, -0.05) is 0 Å². The van der Waals surface area contributed by atoms with Crippen LogP contribution in [0.2, 0.25) is 0 Å². The lowest BCUT2D eigenvalue weighted by molar-refractivity contribution is 0.749. The van der Waals surface area contributed by atoms with Crippen molar-refractivity contribution in [2.24, 2.45) is 0 Å². The number of hydrogen-bond acceptors (Lipinski definition) is 1. The summed E-state index contributed by atoms with van der Waals surface area (Å²) in [5.41, 5.74) is 0. The molecule has 0 spiro atoms. The van der Waals surface area contributed by atoms with Gasteiger partial charge in [0.05, 0.1) is 0 Å². The highest BCUT2D eigenvalue weighted by atomic mass is 32.1. The fraction of sp³-hybridized carbons (Fsp3) is 0.400. The van der Waals surface area contributed by atoms with Crippen molar-refractivity contribution in [2.75, 3.05) is 0 Å². The Morgan fingerprint density at radius 2 is 2.44 bits per heavy atom. The number of nitrogens with zero attached hydrogens (tertiary/aromatic N) is 1. The Morgan fingerprint density at radius 1 is 1.78 bits per heavy atom. The topological polar surface area (TPSA) is 52.2 Å². The van der Waals surface area contributed by atoms with E-state index in [9.17, 15) is 0 Å². The number of nitrogens with one attached hydrogen (secondary N) is 1. The van der Waals surface area contributed by atoms with Crippen LogP contribution in [0.1, 0.15) is 6.92 Å². The van der Waals surface area contributed by atoms with E-state index in [0.29, 0.717) is 0 Å². The number of rotatable bonds is 1. The maximum absolute atomic E-state index is 4.89. The molecule has 0 saturated carbocycles. The molecule has 0 aliphatic carbocycles. The first-order valence-electron chi connectivity index (χ1n) is 2.58. The second-order valence-corrected chi connectivity index (χ2v) is 1.94. The molecule has 1 heterocycles. The first kappa shape index (κ1) is 8.39. The highest BCUT2D eigenvalue weighted by molar-refractivity contribution is 7.71. The number of aryl methyl sites for hydroxylation is 1. The third-order valence-corrected chi connectivity index (χ3v) is 1.42. The van der Waals surface area contributed by atoms with Gasteiger partial charge >= 0.3 is 0 Å². The predicted octanol–water partition coefficient (Wildman–Crippen LogP) is 0.741. The molecular formula is C5H10N2OS. The Labute approximate surface area is 58.6 Å². The van der Waals surface area contributed by atoms with Crippen molar-refractivity contribution in [1.29, 1.82) is 0 Å². The lowest BCUT2D eigenvalue weighted by atomic mass is 10.7. The molecule has 0 radical (unpaired) electrons. The van der Waals surface area contributed by atoms with E-state index in [1.165, 1.54) is 0 Å². The predicted molar refractivity (Wildman–Crippen MR) is 38.9 cm³/mol. The number of aromatic amines is 1. The number of imidazole rings is 1. The summed E-state index contributed by atoms with van der Waals surface area (Å²) in [6.07, 6.45) is 3.77. The van der Waals surface area contributed by atoms with E-state index in [2.05, 4.69) is 11.9 Å². The fourth-order valence-corrected chi connectivity index (χ4v) is 0.856. The molecule has 0 unspecified atom stereocenters. The van der Waals surface area contributed by atoms with Crippen LogP contribution in [0.4, 0.5) is 0 Å². The van der Waals surface area contributed by atoms with Gasteiger partial charge in [-0.25, -0.2) is 0 Å². The molecule has 0 saturated heterocycles. The van der Waals surface area contributed by atoms with Crippen molar-refractivity contribution in [3.8, 4) is 0 Å². The fourth-order valence-electron chi connectivity index (χ4n) is 0.598. The zero-order valence-corrected chi connectivity index (χ0v) is 6.03. The molecule has 0 aromatic carbocycles. The van der Waals surface area contributed by atoms with Crippen LogP contribution in [0, 0.1) is 4.77 Å². The molecule has 4 heteroatoms. The maximum atomic E-state index is 4.89. The van der Waals surface area contributed by atoms with Gasteiger partial charge in [-0.3, -0.25) is 0 Å². The summed E-state index contributed by atoms with van der Waals surface area (Å²) in [7, 11) is 0. The SMILES string of the molecule is CCn1cc[nH]c1=S.O. The van der Waals surface area contributed by atoms with Gasteiger partial charge in [0, 0.05) is 18.9 Å². The Morgan fingerprint density at radius 3 is 2.67 bits per heavy atom. The van der Waals surface area contributed by atoms with Crippen molar-refractivity contribution in [3.05, 3.63) is 17.2 Å². The lowest BCUT2D eigenvalue weighted by Crippen LogP contribution is -1.89. The second-order valence-electron chi connectivity index (χ2n) is 1.55. The summed E-state index contributed by atoms with van der Waals surface area (Å²) in [6, 6.07) is 0. The summed E-state index contributed by atoms with van der Waals surface area (Å²) in [5, 5.41) is 0. The van der Waals surface area contributed by atoms with E-state index in [-0.39, 0.29) is 5.48 Å². The molecule has 1 aromatic rings.